The molecule has 0 heterocycles. The molecule has 2 nitrogen and oxygen atoms in total. The first-order valence-electron chi connectivity index (χ1n) is 5.34. The fourth-order valence-corrected chi connectivity index (χ4v) is 3.15. The molecule has 0 radical (unpaired) electrons. The summed E-state index contributed by atoms with van der Waals surface area (Å²) < 4.78 is 25.2. The van der Waals surface area contributed by atoms with Crippen LogP contribution in [0.15, 0.2) is 41.3 Å². The van der Waals surface area contributed by atoms with Crippen LogP contribution in [-0.4, -0.2) is 4.21 Å². The van der Waals surface area contributed by atoms with Crippen molar-refractivity contribution in [3.63, 3.8) is 0 Å². The molecule has 0 aliphatic heterocycles. The number of rotatable bonds is 3. The Morgan fingerprint density at radius 1 is 1.16 bits per heavy atom. The highest BCUT2D eigenvalue weighted by atomic mass is 35.5. The Balaban J connectivity index is 2.23. The second-order valence-electron chi connectivity index (χ2n) is 3.92. The molecular formula is C13H10Cl2FNOS. The van der Waals surface area contributed by atoms with Crippen molar-refractivity contribution in [2.75, 3.05) is 5.73 Å². The maximum absolute atomic E-state index is 13.0. The highest BCUT2D eigenvalue weighted by Gasteiger charge is 2.10. The average Bonchev–Trinajstić information content (AvgIpc) is 2.33. The Hall–Kier alpha value is -1.10. The van der Waals surface area contributed by atoms with Crippen LogP contribution < -0.4 is 5.73 Å². The maximum atomic E-state index is 13.0. The van der Waals surface area contributed by atoms with E-state index in [1.165, 1.54) is 12.1 Å². The zero-order chi connectivity index (χ0) is 14.0. The van der Waals surface area contributed by atoms with Crippen LogP contribution in [0.3, 0.4) is 0 Å². The van der Waals surface area contributed by atoms with Crippen molar-refractivity contribution in [2.45, 2.75) is 10.6 Å². The molecule has 0 bridgehead atoms. The molecule has 2 rings (SSSR count). The summed E-state index contributed by atoms with van der Waals surface area (Å²) in [5.74, 6) is -0.284. The zero-order valence-electron chi connectivity index (χ0n) is 9.70. The van der Waals surface area contributed by atoms with Crippen molar-refractivity contribution in [3.8, 4) is 0 Å². The van der Waals surface area contributed by atoms with Crippen LogP contribution >= 0.6 is 23.2 Å². The Morgan fingerprint density at radius 2 is 1.89 bits per heavy atom. The van der Waals surface area contributed by atoms with Crippen LogP contribution in [0, 0.1) is 5.82 Å². The summed E-state index contributed by atoms with van der Waals surface area (Å²) in [7, 11) is -1.33. The van der Waals surface area contributed by atoms with Gasteiger partial charge in [-0.1, -0.05) is 29.3 Å². The Kier molecular flexibility index (Phi) is 4.45. The van der Waals surface area contributed by atoms with Crippen LogP contribution in [0.2, 0.25) is 10.0 Å². The van der Waals surface area contributed by atoms with E-state index in [2.05, 4.69) is 0 Å². The molecule has 0 aromatic heterocycles. The lowest BCUT2D eigenvalue weighted by atomic mass is 10.2. The highest BCUT2D eigenvalue weighted by Crippen LogP contribution is 2.24. The molecular weight excluding hydrogens is 308 g/mol. The summed E-state index contributed by atoms with van der Waals surface area (Å²) >= 11 is 11.5. The summed E-state index contributed by atoms with van der Waals surface area (Å²) in [6.07, 6.45) is 0. The van der Waals surface area contributed by atoms with Gasteiger partial charge in [0.05, 0.1) is 26.5 Å². The minimum absolute atomic E-state index is 0.0126. The van der Waals surface area contributed by atoms with Crippen LogP contribution in [0.1, 0.15) is 5.56 Å². The van der Waals surface area contributed by atoms with E-state index in [0.29, 0.717) is 21.2 Å². The first-order chi connectivity index (χ1) is 8.97. The van der Waals surface area contributed by atoms with Crippen LogP contribution in [0.4, 0.5) is 10.1 Å². The fraction of sp³-hybridized carbons (Fsp3) is 0.0769. The lowest BCUT2D eigenvalue weighted by Crippen LogP contribution is -2.01. The molecule has 2 aromatic rings. The highest BCUT2D eigenvalue weighted by molar-refractivity contribution is 7.84. The molecule has 100 valence electrons. The third-order valence-corrected chi connectivity index (χ3v) is 4.48. The van der Waals surface area contributed by atoms with E-state index in [1.807, 2.05) is 0 Å². The summed E-state index contributed by atoms with van der Waals surface area (Å²) in [4.78, 5) is 0.504. The van der Waals surface area contributed by atoms with Gasteiger partial charge in [-0.2, -0.15) is 0 Å². The predicted molar refractivity (Wildman–Crippen MR) is 77.4 cm³/mol. The first kappa shape index (κ1) is 14.3. The number of nitrogens with two attached hydrogens (primary N) is 1. The lowest BCUT2D eigenvalue weighted by molar-refractivity contribution is 0.627. The van der Waals surface area contributed by atoms with Gasteiger partial charge >= 0.3 is 0 Å². The van der Waals surface area contributed by atoms with Crippen molar-refractivity contribution in [2.24, 2.45) is 0 Å². The summed E-state index contributed by atoms with van der Waals surface area (Å²) in [5, 5.41) is 0.502. The third kappa shape index (κ3) is 3.47. The second kappa shape index (κ2) is 5.90. The topological polar surface area (TPSA) is 43.1 Å². The van der Waals surface area contributed by atoms with E-state index in [4.69, 9.17) is 28.9 Å². The molecule has 0 aliphatic carbocycles. The predicted octanol–water partition coefficient (Wildman–Crippen LogP) is 4.02. The van der Waals surface area contributed by atoms with Gasteiger partial charge < -0.3 is 5.73 Å². The minimum atomic E-state index is -1.33. The van der Waals surface area contributed by atoms with Crippen LogP contribution in [-0.2, 0) is 16.6 Å². The third-order valence-electron chi connectivity index (χ3n) is 2.50. The molecule has 2 N–H and O–H groups in total. The Bertz CT molecular complexity index is 649. The fourth-order valence-electron chi connectivity index (χ4n) is 1.59. The largest absolute Gasteiger partial charge is 0.398 e. The van der Waals surface area contributed by atoms with Gasteiger partial charge in [0.15, 0.2) is 0 Å². The molecule has 2 aromatic carbocycles. The summed E-state index contributed by atoms with van der Waals surface area (Å²) in [6.45, 7) is 0. The standard InChI is InChI=1S/C13H10Cl2FNOS/c14-9-2-4-13(12(17)6-9)19(18)7-8-1-3-11(16)10(15)5-8/h1-6H,7,17H2. The quantitative estimate of drug-likeness (QED) is 0.869. The molecule has 0 saturated carbocycles. The maximum Gasteiger partial charge on any atom is 0.141 e. The van der Waals surface area contributed by atoms with E-state index < -0.39 is 16.6 Å². The number of nitrogen functional groups attached to an aromatic ring is 1. The van der Waals surface area contributed by atoms with Gasteiger partial charge in [-0.25, -0.2) is 4.39 Å². The molecule has 19 heavy (non-hydrogen) atoms. The smallest absolute Gasteiger partial charge is 0.141 e. The number of hydrogen-bond donors (Lipinski definition) is 1. The number of hydrogen-bond acceptors (Lipinski definition) is 2. The van der Waals surface area contributed by atoms with Gasteiger partial charge in [0, 0.05) is 10.7 Å². The van der Waals surface area contributed by atoms with Gasteiger partial charge in [0.1, 0.15) is 5.82 Å². The first-order valence-corrected chi connectivity index (χ1v) is 7.42. The average molecular weight is 318 g/mol. The van der Waals surface area contributed by atoms with Crippen molar-refractivity contribution in [3.05, 3.63) is 57.8 Å². The Labute approximate surface area is 122 Å². The van der Waals surface area contributed by atoms with E-state index >= 15 is 0 Å². The van der Waals surface area contributed by atoms with Crippen molar-refractivity contribution in [1.82, 2.24) is 0 Å². The van der Waals surface area contributed by atoms with Gasteiger partial charge in [-0.15, -0.1) is 0 Å². The molecule has 1 unspecified atom stereocenters. The van der Waals surface area contributed by atoms with Gasteiger partial charge in [-0.05, 0) is 35.9 Å². The van der Waals surface area contributed by atoms with Gasteiger partial charge in [0.2, 0.25) is 0 Å². The number of anilines is 1. The van der Waals surface area contributed by atoms with Crippen LogP contribution in [0.5, 0.6) is 0 Å². The zero-order valence-corrected chi connectivity index (χ0v) is 12.0. The summed E-state index contributed by atoms with van der Waals surface area (Å²) in [6, 6.07) is 9.06. The molecule has 0 spiro atoms. The van der Waals surface area contributed by atoms with Crippen molar-refractivity contribution in [1.29, 1.82) is 0 Å². The molecule has 0 fully saturated rings. The van der Waals surface area contributed by atoms with E-state index in [0.717, 1.165) is 0 Å². The SMILES string of the molecule is Nc1cc(Cl)ccc1S(=O)Cc1ccc(F)c(Cl)c1. The summed E-state index contributed by atoms with van der Waals surface area (Å²) in [5.41, 5.74) is 6.82. The number of benzene rings is 2. The number of halogens is 3. The van der Waals surface area contributed by atoms with Gasteiger partial charge in [-0.3, -0.25) is 4.21 Å². The molecule has 0 saturated heterocycles. The van der Waals surface area contributed by atoms with E-state index in [1.54, 1.807) is 24.3 Å². The Morgan fingerprint density at radius 3 is 2.53 bits per heavy atom. The molecule has 0 amide bonds. The van der Waals surface area contributed by atoms with Gasteiger partial charge in [0.25, 0.3) is 0 Å². The van der Waals surface area contributed by atoms with Crippen molar-refractivity contribution >= 4 is 39.7 Å². The monoisotopic (exact) mass is 317 g/mol. The van der Waals surface area contributed by atoms with E-state index in [-0.39, 0.29) is 10.8 Å². The normalized spacial score (nSPS) is 12.4. The second-order valence-corrected chi connectivity index (χ2v) is 6.18. The van der Waals surface area contributed by atoms with Crippen molar-refractivity contribution < 1.29 is 8.60 Å². The van der Waals surface area contributed by atoms with E-state index in [9.17, 15) is 8.60 Å². The van der Waals surface area contributed by atoms with Crippen LogP contribution in [0.25, 0.3) is 0 Å². The molecule has 1 atom stereocenters. The molecule has 6 heteroatoms. The molecule has 0 aliphatic rings. The lowest BCUT2D eigenvalue weighted by Gasteiger charge is -2.07. The minimum Gasteiger partial charge on any atom is -0.398 e.